The third-order valence-electron chi connectivity index (χ3n) is 7.30. The molecule has 2 aliphatic heterocycles. The van der Waals surface area contributed by atoms with Crippen molar-refractivity contribution in [1.29, 1.82) is 0 Å². The Morgan fingerprint density at radius 3 is 2.33 bits per heavy atom. The van der Waals surface area contributed by atoms with Gasteiger partial charge in [0.25, 0.3) is 0 Å². The summed E-state index contributed by atoms with van der Waals surface area (Å²) in [5.41, 5.74) is -0.505. The van der Waals surface area contributed by atoms with Crippen LogP contribution in [0.5, 0.6) is 5.75 Å². The third-order valence-corrected chi connectivity index (χ3v) is 7.30. The number of rotatable bonds is 4. The van der Waals surface area contributed by atoms with Crippen LogP contribution in [-0.2, 0) is 9.53 Å². The number of hydrogen-bond acceptors (Lipinski definition) is 5. The number of nitrogens with one attached hydrogen (secondary N) is 1. The first-order valence-corrected chi connectivity index (χ1v) is 11.4. The van der Waals surface area contributed by atoms with Crippen LogP contribution in [0.4, 0.5) is 5.69 Å². The van der Waals surface area contributed by atoms with Crippen LogP contribution in [0.15, 0.2) is 24.3 Å². The molecule has 1 atom stereocenters. The summed E-state index contributed by atoms with van der Waals surface area (Å²) < 4.78 is 11.4. The van der Waals surface area contributed by atoms with Crippen molar-refractivity contribution in [3.63, 3.8) is 0 Å². The lowest BCUT2D eigenvalue weighted by atomic mass is 9.76. The van der Waals surface area contributed by atoms with Crippen molar-refractivity contribution in [1.82, 2.24) is 4.90 Å². The lowest BCUT2D eigenvalue weighted by molar-refractivity contribution is -0.176. The standard InChI is InChI=1S/C24H36N2O4/c1-22(28)14-17-30-23(18-22)12-15-26(16-13-23)21(27)24(10-4-3-5-11-24)25-19-6-8-20(29-2)9-7-19/h6-9,25,28H,3-5,10-18H2,1-2H3. The van der Waals surface area contributed by atoms with Gasteiger partial charge in [-0.25, -0.2) is 0 Å². The van der Waals surface area contributed by atoms with Gasteiger partial charge >= 0.3 is 0 Å². The van der Waals surface area contributed by atoms with Gasteiger partial charge in [0, 0.05) is 25.2 Å². The van der Waals surface area contributed by atoms with E-state index in [1.165, 1.54) is 6.42 Å². The number of hydrogen-bond donors (Lipinski definition) is 2. The number of aliphatic hydroxyl groups is 1. The summed E-state index contributed by atoms with van der Waals surface area (Å²) in [6.07, 6.45) is 8.00. The van der Waals surface area contributed by atoms with Crippen LogP contribution < -0.4 is 10.1 Å². The molecule has 1 aromatic carbocycles. The molecule has 3 aliphatic rings. The van der Waals surface area contributed by atoms with Gasteiger partial charge in [-0.2, -0.15) is 0 Å². The molecule has 166 valence electrons. The molecule has 0 radical (unpaired) electrons. The number of anilines is 1. The second-order valence-corrected chi connectivity index (χ2v) is 9.74. The molecule has 2 saturated heterocycles. The van der Waals surface area contributed by atoms with Crippen molar-refractivity contribution in [2.45, 2.75) is 81.5 Å². The first-order chi connectivity index (χ1) is 14.4. The molecule has 1 saturated carbocycles. The van der Waals surface area contributed by atoms with E-state index < -0.39 is 11.1 Å². The predicted octanol–water partition coefficient (Wildman–Crippen LogP) is 3.73. The summed E-state index contributed by atoms with van der Waals surface area (Å²) >= 11 is 0. The van der Waals surface area contributed by atoms with E-state index in [9.17, 15) is 9.90 Å². The number of carbonyl (C=O) groups excluding carboxylic acids is 1. The minimum Gasteiger partial charge on any atom is -0.497 e. The fraction of sp³-hybridized carbons (Fsp3) is 0.708. The average molecular weight is 417 g/mol. The zero-order chi connectivity index (χ0) is 21.2. The molecular formula is C24H36N2O4. The molecule has 6 nitrogen and oxygen atoms in total. The van der Waals surface area contributed by atoms with Gasteiger partial charge in [-0.3, -0.25) is 4.79 Å². The largest absolute Gasteiger partial charge is 0.497 e. The van der Waals surface area contributed by atoms with Crippen LogP contribution in [0.1, 0.15) is 64.7 Å². The summed E-state index contributed by atoms with van der Waals surface area (Å²) in [4.78, 5) is 15.8. The fourth-order valence-corrected chi connectivity index (χ4v) is 5.56. The van der Waals surface area contributed by atoms with Gasteiger partial charge in [0.15, 0.2) is 0 Å². The fourth-order valence-electron chi connectivity index (χ4n) is 5.56. The molecule has 4 rings (SSSR count). The van der Waals surface area contributed by atoms with Gasteiger partial charge in [-0.1, -0.05) is 19.3 Å². The quantitative estimate of drug-likeness (QED) is 0.783. The number of carbonyl (C=O) groups is 1. The van der Waals surface area contributed by atoms with E-state index in [1.54, 1.807) is 7.11 Å². The number of benzene rings is 1. The Bertz CT molecular complexity index is 732. The molecule has 1 aromatic rings. The van der Waals surface area contributed by atoms with E-state index in [-0.39, 0.29) is 11.5 Å². The van der Waals surface area contributed by atoms with Gasteiger partial charge < -0.3 is 24.8 Å². The molecule has 1 aliphatic carbocycles. The van der Waals surface area contributed by atoms with E-state index in [4.69, 9.17) is 9.47 Å². The average Bonchev–Trinajstić information content (AvgIpc) is 2.74. The van der Waals surface area contributed by atoms with E-state index in [0.717, 1.165) is 50.0 Å². The van der Waals surface area contributed by atoms with Crippen LogP contribution >= 0.6 is 0 Å². The number of ether oxygens (including phenoxy) is 2. The molecule has 6 heteroatoms. The van der Waals surface area contributed by atoms with Gasteiger partial charge in [-0.05, 0) is 63.3 Å². The maximum absolute atomic E-state index is 13.7. The highest BCUT2D eigenvalue weighted by molar-refractivity contribution is 5.89. The number of piperidine rings is 1. The molecule has 1 amide bonds. The second kappa shape index (κ2) is 8.39. The van der Waals surface area contributed by atoms with E-state index in [2.05, 4.69) is 5.32 Å². The Hall–Kier alpha value is -1.79. The highest BCUT2D eigenvalue weighted by Crippen LogP contribution is 2.41. The third kappa shape index (κ3) is 4.45. The highest BCUT2D eigenvalue weighted by Gasteiger charge is 2.48. The van der Waals surface area contributed by atoms with Gasteiger partial charge in [-0.15, -0.1) is 0 Å². The minimum absolute atomic E-state index is 0.218. The zero-order valence-electron chi connectivity index (χ0n) is 18.4. The molecule has 2 N–H and O–H groups in total. The Balaban J connectivity index is 1.46. The second-order valence-electron chi connectivity index (χ2n) is 9.74. The van der Waals surface area contributed by atoms with Crippen molar-refractivity contribution in [3.05, 3.63) is 24.3 Å². The van der Waals surface area contributed by atoms with E-state index in [0.29, 0.717) is 32.5 Å². The lowest BCUT2D eigenvalue weighted by Gasteiger charge is -2.50. The summed E-state index contributed by atoms with van der Waals surface area (Å²) in [7, 11) is 1.66. The Morgan fingerprint density at radius 1 is 1.07 bits per heavy atom. The molecule has 0 bridgehead atoms. The first-order valence-electron chi connectivity index (χ1n) is 11.4. The summed E-state index contributed by atoms with van der Waals surface area (Å²) in [6, 6.07) is 7.85. The SMILES string of the molecule is COc1ccc(NC2(C(=O)N3CCC4(CC3)CC(C)(O)CCO4)CCCCC2)cc1. The van der Waals surface area contributed by atoms with Crippen molar-refractivity contribution in [2.75, 3.05) is 32.1 Å². The highest BCUT2D eigenvalue weighted by atomic mass is 16.5. The molecule has 0 aromatic heterocycles. The van der Waals surface area contributed by atoms with Crippen LogP contribution in [0, 0.1) is 0 Å². The molecule has 2 heterocycles. The number of methoxy groups -OCH3 is 1. The monoisotopic (exact) mass is 416 g/mol. The zero-order valence-corrected chi connectivity index (χ0v) is 18.4. The molecular weight excluding hydrogens is 380 g/mol. The normalized spacial score (nSPS) is 28.2. The van der Waals surface area contributed by atoms with Crippen LogP contribution in [0.25, 0.3) is 0 Å². The van der Waals surface area contributed by atoms with Crippen LogP contribution in [0.3, 0.4) is 0 Å². The summed E-state index contributed by atoms with van der Waals surface area (Å²) in [5.74, 6) is 1.03. The number of amides is 1. The maximum atomic E-state index is 13.7. The maximum Gasteiger partial charge on any atom is 0.248 e. The Labute approximate surface area is 179 Å². The first kappa shape index (κ1) is 21.4. The van der Waals surface area contributed by atoms with Crippen molar-refractivity contribution in [2.24, 2.45) is 0 Å². The van der Waals surface area contributed by atoms with Crippen LogP contribution in [0.2, 0.25) is 0 Å². The predicted molar refractivity (Wildman–Crippen MR) is 117 cm³/mol. The van der Waals surface area contributed by atoms with Gasteiger partial charge in [0.2, 0.25) is 5.91 Å². The smallest absolute Gasteiger partial charge is 0.248 e. The van der Waals surface area contributed by atoms with Crippen LogP contribution in [-0.4, -0.2) is 59.5 Å². The Kier molecular flexibility index (Phi) is 5.99. The summed E-state index contributed by atoms with van der Waals surface area (Å²) in [5, 5.41) is 14.1. The number of likely N-dealkylation sites (tertiary alicyclic amines) is 1. The molecule has 1 spiro atoms. The van der Waals surface area contributed by atoms with Crippen molar-refractivity contribution < 1.29 is 19.4 Å². The topological polar surface area (TPSA) is 71.0 Å². The number of nitrogens with zero attached hydrogens (tertiary/aromatic N) is 1. The van der Waals surface area contributed by atoms with E-state index >= 15 is 0 Å². The lowest BCUT2D eigenvalue weighted by Crippen LogP contribution is -2.60. The van der Waals surface area contributed by atoms with Crippen molar-refractivity contribution >= 4 is 11.6 Å². The summed E-state index contributed by atoms with van der Waals surface area (Å²) in [6.45, 7) is 3.90. The molecule has 30 heavy (non-hydrogen) atoms. The van der Waals surface area contributed by atoms with E-state index in [1.807, 2.05) is 36.1 Å². The molecule has 1 unspecified atom stereocenters. The van der Waals surface area contributed by atoms with Gasteiger partial charge in [0.05, 0.1) is 24.9 Å². The molecule has 3 fully saturated rings. The van der Waals surface area contributed by atoms with Crippen molar-refractivity contribution in [3.8, 4) is 5.75 Å². The Morgan fingerprint density at radius 2 is 1.73 bits per heavy atom. The van der Waals surface area contributed by atoms with Gasteiger partial charge in [0.1, 0.15) is 11.3 Å². The minimum atomic E-state index is -0.662.